The molecule has 1 aromatic carbocycles. The second kappa shape index (κ2) is 7.68. The Bertz CT molecular complexity index is 774. The van der Waals surface area contributed by atoms with Gasteiger partial charge in [-0.15, -0.1) is 11.3 Å². The Morgan fingerprint density at radius 3 is 2.54 bits per heavy atom. The third kappa shape index (κ3) is 3.31. The zero-order valence-corrected chi connectivity index (χ0v) is 16.5. The van der Waals surface area contributed by atoms with Gasteiger partial charge in [-0.1, -0.05) is 13.0 Å². The summed E-state index contributed by atoms with van der Waals surface area (Å²) in [5.74, 6) is 1.28. The van der Waals surface area contributed by atoms with Crippen LogP contribution in [0.2, 0.25) is 0 Å². The van der Waals surface area contributed by atoms with Gasteiger partial charge in [-0.3, -0.25) is 4.79 Å². The number of ether oxygens (including phenoxy) is 2. The molecule has 1 aliphatic heterocycles. The maximum Gasteiger partial charge on any atom is 0.227 e. The third-order valence-corrected chi connectivity index (χ3v) is 6.07. The van der Waals surface area contributed by atoms with E-state index in [2.05, 4.69) is 6.07 Å². The van der Waals surface area contributed by atoms with Crippen molar-refractivity contribution < 1.29 is 14.3 Å². The molecular weight excluding hydrogens is 348 g/mol. The van der Waals surface area contributed by atoms with Gasteiger partial charge >= 0.3 is 0 Å². The molecule has 3 unspecified atom stereocenters. The SMILES string of the molecule is COc1cc2c(cc1OC)C(c1cccs1)N(C(=O)C(C)C(C)N)CC2. The molecule has 0 bridgehead atoms. The summed E-state index contributed by atoms with van der Waals surface area (Å²) < 4.78 is 11.0. The molecule has 2 N–H and O–H groups in total. The molecule has 26 heavy (non-hydrogen) atoms. The van der Waals surface area contributed by atoms with Gasteiger partial charge in [0.1, 0.15) is 0 Å². The highest BCUT2D eigenvalue weighted by Crippen LogP contribution is 2.42. The first kappa shape index (κ1) is 18.7. The molecule has 1 aliphatic rings. The molecule has 2 aromatic rings. The molecule has 6 heteroatoms. The number of methoxy groups -OCH3 is 2. The average Bonchev–Trinajstić information content (AvgIpc) is 3.18. The van der Waals surface area contributed by atoms with Crippen molar-refractivity contribution >= 4 is 17.2 Å². The number of carbonyl (C=O) groups is 1. The highest BCUT2D eigenvalue weighted by atomic mass is 32.1. The second-order valence-corrected chi connectivity index (χ2v) is 7.73. The minimum atomic E-state index is -0.223. The molecule has 5 nitrogen and oxygen atoms in total. The predicted molar refractivity (Wildman–Crippen MR) is 104 cm³/mol. The lowest BCUT2D eigenvalue weighted by Gasteiger charge is -2.39. The fourth-order valence-corrected chi connectivity index (χ4v) is 4.28. The van der Waals surface area contributed by atoms with Crippen LogP contribution in [0.1, 0.15) is 35.9 Å². The molecule has 0 fully saturated rings. The Morgan fingerprint density at radius 2 is 1.96 bits per heavy atom. The fraction of sp³-hybridized carbons (Fsp3) is 0.450. The van der Waals surface area contributed by atoms with E-state index < -0.39 is 0 Å². The van der Waals surface area contributed by atoms with Crippen LogP contribution in [0.4, 0.5) is 0 Å². The third-order valence-electron chi connectivity index (χ3n) is 5.15. The number of amides is 1. The molecule has 0 saturated carbocycles. The van der Waals surface area contributed by atoms with E-state index in [1.165, 1.54) is 5.56 Å². The van der Waals surface area contributed by atoms with Gasteiger partial charge < -0.3 is 20.1 Å². The molecule has 0 aliphatic carbocycles. The zero-order valence-electron chi connectivity index (χ0n) is 15.7. The van der Waals surface area contributed by atoms with Crippen LogP contribution in [0.25, 0.3) is 0 Å². The summed E-state index contributed by atoms with van der Waals surface area (Å²) >= 11 is 1.66. The number of nitrogens with zero attached hydrogens (tertiary/aromatic N) is 1. The molecule has 3 atom stereocenters. The molecule has 1 amide bonds. The summed E-state index contributed by atoms with van der Waals surface area (Å²) in [6.45, 7) is 4.46. The number of thiophene rings is 1. The van der Waals surface area contributed by atoms with E-state index >= 15 is 0 Å². The molecule has 3 rings (SSSR count). The van der Waals surface area contributed by atoms with Crippen molar-refractivity contribution in [3.63, 3.8) is 0 Å². The minimum absolute atomic E-state index is 0.0961. The molecule has 2 heterocycles. The lowest BCUT2D eigenvalue weighted by atomic mass is 9.89. The van der Waals surface area contributed by atoms with Crippen LogP contribution in [-0.4, -0.2) is 37.6 Å². The van der Waals surface area contributed by atoms with Crippen LogP contribution in [0.3, 0.4) is 0 Å². The van der Waals surface area contributed by atoms with Gasteiger partial charge in [-0.05, 0) is 48.1 Å². The highest BCUT2D eigenvalue weighted by Gasteiger charge is 2.36. The number of benzene rings is 1. The number of hydrogen-bond acceptors (Lipinski definition) is 5. The van der Waals surface area contributed by atoms with E-state index in [1.54, 1.807) is 25.6 Å². The first-order valence-corrected chi connectivity index (χ1v) is 9.70. The van der Waals surface area contributed by atoms with Crippen molar-refractivity contribution in [2.45, 2.75) is 32.4 Å². The Morgan fingerprint density at radius 1 is 1.27 bits per heavy atom. The Labute approximate surface area is 158 Å². The number of rotatable bonds is 5. The Kier molecular flexibility index (Phi) is 5.53. The lowest BCUT2D eigenvalue weighted by molar-refractivity contribution is -0.137. The summed E-state index contributed by atoms with van der Waals surface area (Å²) in [6.07, 6.45) is 0.787. The maximum absolute atomic E-state index is 13.1. The predicted octanol–water partition coefficient (Wildman–Crippen LogP) is 3.22. The molecule has 0 spiro atoms. The number of fused-ring (bicyclic) bond motifs is 1. The van der Waals surface area contributed by atoms with Crippen LogP contribution < -0.4 is 15.2 Å². The number of nitrogens with two attached hydrogens (primary N) is 1. The molecule has 1 aromatic heterocycles. The van der Waals surface area contributed by atoms with Crippen LogP contribution in [0, 0.1) is 5.92 Å². The van der Waals surface area contributed by atoms with Crippen molar-refractivity contribution in [3.8, 4) is 11.5 Å². The lowest BCUT2D eigenvalue weighted by Crippen LogP contribution is -2.46. The van der Waals surface area contributed by atoms with Crippen LogP contribution in [0.5, 0.6) is 11.5 Å². The van der Waals surface area contributed by atoms with E-state index in [-0.39, 0.29) is 23.9 Å². The Hall–Kier alpha value is -2.05. The zero-order chi connectivity index (χ0) is 18.8. The van der Waals surface area contributed by atoms with E-state index in [9.17, 15) is 4.79 Å². The second-order valence-electron chi connectivity index (χ2n) is 6.75. The van der Waals surface area contributed by atoms with Gasteiger partial charge in [0.25, 0.3) is 0 Å². The van der Waals surface area contributed by atoms with Crippen LogP contribution in [-0.2, 0) is 11.2 Å². The largest absolute Gasteiger partial charge is 0.493 e. The van der Waals surface area contributed by atoms with E-state index in [4.69, 9.17) is 15.2 Å². The normalized spacial score (nSPS) is 18.8. The van der Waals surface area contributed by atoms with Gasteiger partial charge in [0.2, 0.25) is 5.91 Å². The smallest absolute Gasteiger partial charge is 0.227 e. The molecule has 0 radical (unpaired) electrons. The summed E-state index contributed by atoms with van der Waals surface area (Å²) in [4.78, 5) is 16.2. The van der Waals surface area contributed by atoms with Crippen molar-refractivity contribution in [1.29, 1.82) is 0 Å². The fourth-order valence-electron chi connectivity index (χ4n) is 3.42. The summed E-state index contributed by atoms with van der Waals surface area (Å²) in [5.41, 5.74) is 8.30. The average molecular weight is 375 g/mol. The van der Waals surface area contributed by atoms with Crippen molar-refractivity contribution in [3.05, 3.63) is 45.6 Å². The highest BCUT2D eigenvalue weighted by molar-refractivity contribution is 7.10. The van der Waals surface area contributed by atoms with Gasteiger partial charge in [0.15, 0.2) is 11.5 Å². The summed E-state index contributed by atoms with van der Waals surface area (Å²) in [6, 6.07) is 7.84. The van der Waals surface area contributed by atoms with E-state index in [0.717, 1.165) is 22.6 Å². The van der Waals surface area contributed by atoms with Gasteiger partial charge in [0.05, 0.1) is 26.2 Å². The van der Waals surface area contributed by atoms with Crippen LogP contribution in [0.15, 0.2) is 29.6 Å². The van der Waals surface area contributed by atoms with Gasteiger partial charge in [0, 0.05) is 17.5 Å². The van der Waals surface area contributed by atoms with Crippen molar-refractivity contribution in [2.75, 3.05) is 20.8 Å². The topological polar surface area (TPSA) is 64.8 Å². The maximum atomic E-state index is 13.1. The number of hydrogen-bond donors (Lipinski definition) is 1. The molecule has 0 saturated heterocycles. The van der Waals surface area contributed by atoms with E-state index in [1.807, 2.05) is 42.3 Å². The van der Waals surface area contributed by atoms with Gasteiger partial charge in [-0.25, -0.2) is 0 Å². The molecule has 140 valence electrons. The summed E-state index contributed by atoms with van der Waals surface area (Å²) in [5, 5.41) is 2.04. The van der Waals surface area contributed by atoms with Crippen LogP contribution >= 0.6 is 11.3 Å². The monoisotopic (exact) mass is 374 g/mol. The standard InChI is InChI=1S/C20H26N2O3S/c1-12(13(2)21)20(23)22-8-7-14-10-16(24-3)17(25-4)11-15(14)19(22)18-6-5-9-26-18/h5-6,9-13,19H,7-8,21H2,1-4H3. The quantitative estimate of drug-likeness (QED) is 0.873. The Balaban J connectivity index is 2.09. The first-order chi connectivity index (χ1) is 12.5. The minimum Gasteiger partial charge on any atom is -0.493 e. The van der Waals surface area contributed by atoms with Crippen molar-refractivity contribution in [1.82, 2.24) is 4.90 Å². The molecular formula is C20H26N2O3S. The summed E-state index contributed by atoms with van der Waals surface area (Å²) in [7, 11) is 3.28. The van der Waals surface area contributed by atoms with E-state index in [0.29, 0.717) is 12.3 Å². The number of carbonyl (C=O) groups excluding carboxylic acids is 1. The van der Waals surface area contributed by atoms with Crippen molar-refractivity contribution in [2.24, 2.45) is 11.7 Å². The van der Waals surface area contributed by atoms with Gasteiger partial charge in [-0.2, -0.15) is 0 Å². The first-order valence-electron chi connectivity index (χ1n) is 8.82.